The van der Waals surface area contributed by atoms with Crippen LogP contribution in [0.3, 0.4) is 0 Å². The minimum absolute atomic E-state index is 0.164. The standard InChI is InChI=1S/C14H13FN4O/c1-9-12(8-17-19-9)14(20)18-11-5-4-10(3-2-6-16)13(15)7-11/h4-5,7-8H,6,16H2,1H3,(H,17,19)(H,18,20). The van der Waals surface area contributed by atoms with Gasteiger partial charge in [0.05, 0.1) is 23.9 Å². The molecule has 1 amide bonds. The second-order valence-corrected chi connectivity index (χ2v) is 4.06. The molecular weight excluding hydrogens is 259 g/mol. The number of carbonyl (C=O) groups excluding carboxylic acids is 1. The molecule has 1 aromatic carbocycles. The van der Waals surface area contributed by atoms with E-state index in [9.17, 15) is 9.18 Å². The zero-order valence-corrected chi connectivity index (χ0v) is 10.8. The van der Waals surface area contributed by atoms with E-state index in [4.69, 9.17) is 5.73 Å². The van der Waals surface area contributed by atoms with Crippen molar-refractivity contribution in [2.45, 2.75) is 6.92 Å². The number of nitrogens with one attached hydrogen (secondary N) is 2. The average Bonchev–Trinajstić information content (AvgIpc) is 2.84. The van der Waals surface area contributed by atoms with Crippen LogP contribution in [-0.2, 0) is 0 Å². The van der Waals surface area contributed by atoms with E-state index in [-0.39, 0.29) is 18.0 Å². The van der Waals surface area contributed by atoms with Gasteiger partial charge in [-0.25, -0.2) is 4.39 Å². The molecule has 0 aliphatic carbocycles. The highest BCUT2D eigenvalue weighted by atomic mass is 19.1. The molecule has 1 heterocycles. The maximum absolute atomic E-state index is 13.7. The van der Waals surface area contributed by atoms with Crippen LogP contribution in [-0.4, -0.2) is 22.6 Å². The summed E-state index contributed by atoms with van der Waals surface area (Å²) in [6.07, 6.45) is 1.42. The molecule has 5 nitrogen and oxygen atoms in total. The number of amides is 1. The van der Waals surface area contributed by atoms with Gasteiger partial charge >= 0.3 is 0 Å². The minimum Gasteiger partial charge on any atom is -0.322 e. The van der Waals surface area contributed by atoms with Crippen molar-refractivity contribution in [3.8, 4) is 11.8 Å². The number of aryl methyl sites for hydroxylation is 1. The Kier molecular flexibility index (Phi) is 4.13. The number of hydrogen-bond acceptors (Lipinski definition) is 3. The maximum atomic E-state index is 13.7. The summed E-state index contributed by atoms with van der Waals surface area (Å²) in [7, 11) is 0. The summed E-state index contributed by atoms with van der Waals surface area (Å²) in [5, 5.41) is 9.02. The fraction of sp³-hybridized carbons (Fsp3) is 0.143. The third-order valence-corrected chi connectivity index (χ3v) is 2.63. The van der Waals surface area contributed by atoms with Crippen LogP contribution in [0.5, 0.6) is 0 Å². The molecule has 6 heteroatoms. The Hall–Kier alpha value is -2.65. The van der Waals surface area contributed by atoms with Gasteiger partial charge in [0.15, 0.2) is 0 Å². The normalized spacial score (nSPS) is 9.75. The number of hydrogen-bond donors (Lipinski definition) is 3. The molecule has 0 saturated heterocycles. The van der Waals surface area contributed by atoms with Crippen molar-refractivity contribution < 1.29 is 9.18 Å². The molecule has 1 aromatic heterocycles. The molecule has 4 N–H and O–H groups in total. The molecule has 0 spiro atoms. The van der Waals surface area contributed by atoms with Crippen LogP contribution < -0.4 is 11.1 Å². The first kappa shape index (κ1) is 13.8. The van der Waals surface area contributed by atoms with E-state index < -0.39 is 5.82 Å². The van der Waals surface area contributed by atoms with Gasteiger partial charge in [0.1, 0.15) is 5.82 Å². The van der Waals surface area contributed by atoms with Crippen LogP contribution in [0.4, 0.5) is 10.1 Å². The number of rotatable bonds is 2. The molecule has 102 valence electrons. The van der Waals surface area contributed by atoms with Gasteiger partial charge in [-0.3, -0.25) is 9.89 Å². The monoisotopic (exact) mass is 272 g/mol. The van der Waals surface area contributed by atoms with Crippen LogP contribution in [0.25, 0.3) is 0 Å². The topological polar surface area (TPSA) is 83.8 Å². The fourth-order valence-corrected chi connectivity index (χ4v) is 1.62. The Labute approximate surface area is 115 Å². The first-order valence-corrected chi connectivity index (χ1v) is 5.91. The summed E-state index contributed by atoms with van der Waals surface area (Å²) in [6.45, 7) is 1.89. The summed E-state index contributed by atoms with van der Waals surface area (Å²) >= 11 is 0. The average molecular weight is 272 g/mol. The van der Waals surface area contributed by atoms with E-state index >= 15 is 0 Å². The van der Waals surface area contributed by atoms with Gasteiger partial charge < -0.3 is 11.1 Å². The van der Waals surface area contributed by atoms with E-state index in [1.54, 1.807) is 13.0 Å². The highest BCUT2D eigenvalue weighted by Crippen LogP contribution is 2.15. The van der Waals surface area contributed by atoms with Crippen molar-refractivity contribution in [3.63, 3.8) is 0 Å². The summed E-state index contributed by atoms with van der Waals surface area (Å²) in [5.74, 6) is 4.33. The Morgan fingerprint density at radius 1 is 1.55 bits per heavy atom. The third-order valence-electron chi connectivity index (χ3n) is 2.63. The third kappa shape index (κ3) is 3.02. The number of nitrogens with two attached hydrogens (primary N) is 1. The molecule has 0 aliphatic heterocycles. The second-order valence-electron chi connectivity index (χ2n) is 4.06. The summed E-state index contributed by atoms with van der Waals surface area (Å²) in [6, 6.07) is 4.29. The molecule has 0 radical (unpaired) electrons. The Morgan fingerprint density at radius 3 is 2.95 bits per heavy atom. The van der Waals surface area contributed by atoms with Crippen LogP contribution >= 0.6 is 0 Å². The number of benzene rings is 1. The van der Waals surface area contributed by atoms with Gasteiger partial charge in [0, 0.05) is 11.4 Å². The molecule has 2 rings (SSSR count). The highest BCUT2D eigenvalue weighted by molar-refractivity contribution is 6.04. The molecule has 0 aliphatic rings. The number of aromatic nitrogens is 2. The molecule has 20 heavy (non-hydrogen) atoms. The van der Waals surface area contributed by atoms with Crippen molar-refractivity contribution in [1.29, 1.82) is 0 Å². The summed E-state index contributed by atoms with van der Waals surface area (Å²) in [5.41, 5.74) is 6.89. The van der Waals surface area contributed by atoms with Gasteiger partial charge in [0.25, 0.3) is 5.91 Å². The zero-order chi connectivity index (χ0) is 14.5. The first-order chi connectivity index (χ1) is 9.61. The number of aromatic amines is 1. The van der Waals surface area contributed by atoms with Crippen molar-refractivity contribution in [2.75, 3.05) is 11.9 Å². The minimum atomic E-state index is -0.507. The van der Waals surface area contributed by atoms with Crippen molar-refractivity contribution >= 4 is 11.6 Å². The number of nitrogens with zero attached hydrogens (tertiary/aromatic N) is 1. The lowest BCUT2D eigenvalue weighted by atomic mass is 10.2. The highest BCUT2D eigenvalue weighted by Gasteiger charge is 2.11. The molecule has 0 fully saturated rings. The predicted octanol–water partition coefficient (Wildman–Crippen LogP) is 1.42. The van der Waals surface area contributed by atoms with Crippen molar-refractivity contribution in [2.24, 2.45) is 5.73 Å². The Morgan fingerprint density at radius 2 is 2.35 bits per heavy atom. The van der Waals surface area contributed by atoms with Crippen LogP contribution in [0.1, 0.15) is 21.6 Å². The molecule has 0 atom stereocenters. The lowest BCUT2D eigenvalue weighted by Crippen LogP contribution is -2.12. The van der Waals surface area contributed by atoms with Crippen LogP contribution in [0.15, 0.2) is 24.4 Å². The molecule has 0 saturated carbocycles. The lowest BCUT2D eigenvalue weighted by molar-refractivity contribution is 0.102. The second kappa shape index (κ2) is 5.99. The quantitative estimate of drug-likeness (QED) is 0.723. The summed E-state index contributed by atoms with van der Waals surface area (Å²) < 4.78 is 13.7. The number of anilines is 1. The first-order valence-electron chi connectivity index (χ1n) is 5.91. The van der Waals surface area contributed by atoms with E-state index in [1.165, 1.54) is 18.3 Å². The van der Waals surface area contributed by atoms with E-state index in [2.05, 4.69) is 27.4 Å². The lowest BCUT2D eigenvalue weighted by Gasteiger charge is -2.05. The molecule has 2 aromatic rings. The van der Waals surface area contributed by atoms with E-state index in [1.807, 2.05) is 0 Å². The summed E-state index contributed by atoms with van der Waals surface area (Å²) in [4.78, 5) is 11.9. The van der Waals surface area contributed by atoms with Gasteiger partial charge in [0.2, 0.25) is 0 Å². The van der Waals surface area contributed by atoms with E-state index in [0.717, 1.165) is 0 Å². The number of halogens is 1. The Balaban J connectivity index is 2.17. The van der Waals surface area contributed by atoms with Crippen LogP contribution in [0, 0.1) is 24.6 Å². The van der Waals surface area contributed by atoms with Gasteiger partial charge in [-0.1, -0.05) is 11.8 Å². The molecular formula is C14H13FN4O. The smallest absolute Gasteiger partial charge is 0.259 e. The SMILES string of the molecule is Cc1[nH]ncc1C(=O)Nc1ccc(C#CCN)c(F)c1. The largest absolute Gasteiger partial charge is 0.322 e. The van der Waals surface area contributed by atoms with Gasteiger partial charge in [-0.05, 0) is 25.1 Å². The van der Waals surface area contributed by atoms with Crippen LogP contribution in [0.2, 0.25) is 0 Å². The van der Waals surface area contributed by atoms with E-state index in [0.29, 0.717) is 16.9 Å². The molecule has 0 unspecified atom stereocenters. The number of carbonyl (C=O) groups is 1. The Bertz CT molecular complexity index is 697. The van der Waals surface area contributed by atoms with Gasteiger partial charge in [-0.2, -0.15) is 5.10 Å². The van der Waals surface area contributed by atoms with Crippen molar-refractivity contribution in [3.05, 3.63) is 47.0 Å². The van der Waals surface area contributed by atoms with Gasteiger partial charge in [-0.15, -0.1) is 0 Å². The molecule has 0 bridgehead atoms. The fourth-order valence-electron chi connectivity index (χ4n) is 1.62. The predicted molar refractivity (Wildman–Crippen MR) is 73.6 cm³/mol. The zero-order valence-electron chi connectivity index (χ0n) is 10.8. The van der Waals surface area contributed by atoms with Crippen molar-refractivity contribution in [1.82, 2.24) is 10.2 Å². The maximum Gasteiger partial charge on any atom is 0.259 e. The number of H-pyrrole nitrogens is 1.